The van der Waals surface area contributed by atoms with Crippen molar-refractivity contribution in [3.8, 4) is 0 Å². The summed E-state index contributed by atoms with van der Waals surface area (Å²) in [6.07, 6.45) is 5.78. The molecule has 0 spiro atoms. The van der Waals surface area contributed by atoms with E-state index in [2.05, 4.69) is 56.1 Å². The number of aliphatic hydroxyl groups excluding tert-OH is 1. The van der Waals surface area contributed by atoms with Crippen LogP contribution in [0.25, 0.3) is 10.9 Å². The Morgan fingerprint density at radius 2 is 2.11 bits per heavy atom. The molecule has 3 N–H and O–H groups in total. The quantitative estimate of drug-likeness (QED) is 0.311. The van der Waals surface area contributed by atoms with Crippen molar-refractivity contribution >= 4 is 38.3 Å². The van der Waals surface area contributed by atoms with Crippen LogP contribution in [-0.2, 0) is 27.5 Å². The van der Waals surface area contributed by atoms with Gasteiger partial charge in [0.25, 0.3) is 0 Å². The lowest BCUT2D eigenvalue weighted by Gasteiger charge is -2.13. The first-order valence-electron chi connectivity index (χ1n) is 12.0. The smallest absolute Gasteiger partial charge is 0.333 e. The Balaban J connectivity index is 1.29. The summed E-state index contributed by atoms with van der Waals surface area (Å²) in [7, 11) is -4.06. The van der Waals surface area contributed by atoms with E-state index >= 15 is 0 Å². The molecule has 3 atom stereocenters. The van der Waals surface area contributed by atoms with E-state index in [0.29, 0.717) is 41.9 Å². The fraction of sp³-hybridized carbons (Fsp3) is 0.346. The second-order valence-electron chi connectivity index (χ2n) is 9.68. The second kappa shape index (κ2) is 10.4. The third-order valence-electron chi connectivity index (χ3n) is 6.88. The van der Waals surface area contributed by atoms with Crippen LogP contribution < -0.4 is 5.14 Å². The molecule has 194 valence electrons. The lowest BCUT2D eigenvalue weighted by molar-refractivity contribution is 0.100. The van der Waals surface area contributed by atoms with E-state index in [-0.39, 0.29) is 24.2 Å². The van der Waals surface area contributed by atoms with Gasteiger partial charge in [0.15, 0.2) is 0 Å². The van der Waals surface area contributed by atoms with Gasteiger partial charge in [-0.25, -0.2) is 15.1 Å². The van der Waals surface area contributed by atoms with Crippen LogP contribution in [0, 0.1) is 18.8 Å². The predicted octanol–water partition coefficient (Wildman–Crippen LogP) is 3.23. The van der Waals surface area contributed by atoms with Gasteiger partial charge in [0.05, 0.1) is 28.8 Å². The molecule has 1 saturated carbocycles. The van der Waals surface area contributed by atoms with E-state index in [9.17, 15) is 18.3 Å². The van der Waals surface area contributed by atoms with E-state index in [4.69, 9.17) is 5.14 Å². The lowest BCUT2D eigenvalue weighted by atomic mass is 9.96. The molecule has 9 nitrogen and oxygen atoms in total. The minimum atomic E-state index is -4.06. The zero-order valence-electron chi connectivity index (χ0n) is 20.3. The molecule has 0 aliphatic heterocycles. The number of rotatable bonds is 9. The number of fused-ring (bicyclic) bond motifs is 1. The fourth-order valence-electron chi connectivity index (χ4n) is 5.06. The molecule has 37 heavy (non-hydrogen) atoms. The minimum Gasteiger partial charge on any atom is -0.393 e. The zero-order chi connectivity index (χ0) is 26.2. The molecule has 3 heterocycles. The zero-order valence-corrected chi connectivity index (χ0v) is 21.9. The van der Waals surface area contributed by atoms with Gasteiger partial charge >= 0.3 is 10.3 Å². The lowest BCUT2D eigenvalue weighted by Crippen LogP contribution is -2.24. The third kappa shape index (κ3) is 5.97. The first-order valence-corrected chi connectivity index (χ1v) is 14.3. The average molecular weight is 541 g/mol. The molecular formula is C26H28N4O5S2. The summed E-state index contributed by atoms with van der Waals surface area (Å²) in [5.74, 6) is -0.458. The summed E-state index contributed by atoms with van der Waals surface area (Å²) in [6.45, 7) is 2.57. The topological polar surface area (TPSA) is 137 Å². The third-order valence-corrected chi connectivity index (χ3v) is 8.33. The van der Waals surface area contributed by atoms with Gasteiger partial charge in [0.2, 0.25) is 5.78 Å². The Kier molecular flexibility index (Phi) is 7.24. The number of hydrogen-bond donors (Lipinski definition) is 2. The Labute approximate surface area is 219 Å². The number of benzene rings is 1. The molecule has 4 aromatic rings. The molecule has 0 saturated heterocycles. The number of ketones is 1. The number of nitrogens with zero attached hydrogens (tertiary/aromatic N) is 3. The maximum absolute atomic E-state index is 13.4. The summed E-state index contributed by atoms with van der Waals surface area (Å²) in [5.41, 5.74) is 4.46. The van der Waals surface area contributed by atoms with Crippen molar-refractivity contribution in [1.29, 1.82) is 0 Å². The van der Waals surface area contributed by atoms with Crippen LogP contribution in [0.15, 0.2) is 54.4 Å². The van der Waals surface area contributed by atoms with E-state index in [1.54, 1.807) is 6.20 Å². The average Bonchev–Trinajstić information content (AvgIpc) is 3.57. The molecule has 0 radical (unpaired) electrons. The van der Waals surface area contributed by atoms with Crippen LogP contribution >= 0.6 is 11.3 Å². The summed E-state index contributed by atoms with van der Waals surface area (Å²) in [4.78, 5) is 22.5. The Morgan fingerprint density at radius 3 is 2.92 bits per heavy atom. The number of aryl methyl sites for hydroxylation is 1. The number of nitrogens with two attached hydrogens (primary N) is 1. The number of hydrogen-bond acceptors (Lipinski definition) is 8. The van der Waals surface area contributed by atoms with Gasteiger partial charge in [0.1, 0.15) is 6.33 Å². The van der Waals surface area contributed by atoms with Gasteiger partial charge in [-0.05, 0) is 72.2 Å². The van der Waals surface area contributed by atoms with E-state index in [0.717, 1.165) is 11.1 Å². The molecule has 0 bridgehead atoms. The molecule has 1 fully saturated rings. The summed E-state index contributed by atoms with van der Waals surface area (Å²) >= 11 is 1.40. The van der Waals surface area contributed by atoms with Crippen molar-refractivity contribution in [3.63, 3.8) is 0 Å². The van der Waals surface area contributed by atoms with Gasteiger partial charge in [0, 0.05) is 30.4 Å². The van der Waals surface area contributed by atoms with Crippen LogP contribution in [0.2, 0.25) is 0 Å². The van der Waals surface area contributed by atoms with Gasteiger partial charge < -0.3 is 9.67 Å². The predicted molar refractivity (Wildman–Crippen MR) is 141 cm³/mol. The summed E-state index contributed by atoms with van der Waals surface area (Å²) < 4.78 is 29.1. The highest BCUT2D eigenvalue weighted by atomic mass is 32.2. The molecule has 1 aromatic carbocycles. The molecule has 0 unspecified atom stereocenters. The monoisotopic (exact) mass is 540 g/mol. The van der Waals surface area contributed by atoms with Crippen LogP contribution in [0.1, 0.15) is 44.9 Å². The van der Waals surface area contributed by atoms with Gasteiger partial charge in [-0.2, -0.15) is 8.42 Å². The van der Waals surface area contributed by atoms with Crippen molar-refractivity contribution in [1.82, 2.24) is 14.5 Å². The second-order valence-corrected chi connectivity index (χ2v) is 11.8. The molecule has 1 aliphatic carbocycles. The van der Waals surface area contributed by atoms with Crippen molar-refractivity contribution in [2.45, 2.75) is 38.8 Å². The Hall–Kier alpha value is -2.96. The maximum Gasteiger partial charge on any atom is 0.333 e. The maximum atomic E-state index is 13.4. The molecule has 0 amide bonds. The molecule has 11 heteroatoms. The SMILES string of the molecule is Cc1ccc2ccn(Cc3csc(C(=O)c4cncnc4C[C@@H]4C[C@H](COS(N)(=O)=O)[C@@H](O)C4)c3)c2c1. The van der Waals surface area contributed by atoms with Crippen molar-refractivity contribution in [2.24, 2.45) is 17.0 Å². The van der Waals surface area contributed by atoms with Crippen LogP contribution in [-0.4, -0.2) is 46.6 Å². The number of aliphatic hydroxyl groups is 1. The van der Waals surface area contributed by atoms with Gasteiger partial charge in [-0.1, -0.05) is 12.1 Å². The molecule has 3 aromatic heterocycles. The van der Waals surface area contributed by atoms with Gasteiger partial charge in [-0.3, -0.25) is 8.98 Å². The molecule has 1 aliphatic rings. The highest BCUT2D eigenvalue weighted by Crippen LogP contribution is 2.34. The fourth-order valence-corrected chi connectivity index (χ4v) is 6.28. The first-order chi connectivity index (χ1) is 17.7. The number of carbonyl (C=O) groups is 1. The minimum absolute atomic E-state index is 0.0231. The Morgan fingerprint density at radius 1 is 1.27 bits per heavy atom. The van der Waals surface area contributed by atoms with Crippen LogP contribution in [0.4, 0.5) is 0 Å². The standard InChI is InChI=1S/C26H28N4O5S2/c1-16-2-3-19-4-5-30(23(19)6-16)12-18-10-25(36-14-18)26(32)21-11-28-15-29-22(21)8-17-7-20(24(31)9-17)13-35-37(27,33)34/h2-6,10-11,14-15,17,20,24,31H,7-9,12-13H2,1H3,(H2,27,33,34)/t17-,20+,24-/m0/s1. The van der Waals surface area contributed by atoms with E-state index in [1.807, 2.05) is 11.4 Å². The first kappa shape index (κ1) is 25.7. The number of carbonyl (C=O) groups excluding carboxylic acids is 1. The van der Waals surface area contributed by atoms with Crippen LogP contribution in [0.3, 0.4) is 0 Å². The van der Waals surface area contributed by atoms with Crippen molar-refractivity contribution in [2.75, 3.05) is 6.61 Å². The summed E-state index contributed by atoms with van der Waals surface area (Å²) in [6, 6.07) is 10.4. The number of aromatic nitrogens is 3. The van der Waals surface area contributed by atoms with Gasteiger partial charge in [-0.15, -0.1) is 11.3 Å². The summed E-state index contributed by atoms with van der Waals surface area (Å²) in [5, 5.41) is 18.5. The highest BCUT2D eigenvalue weighted by molar-refractivity contribution is 7.84. The van der Waals surface area contributed by atoms with Crippen molar-refractivity contribution < 1.29 is 22.5 Å². The largest absolute Gasteiger partial charge is 0.393 e. The number of thiophene rings is 1. The van der Waals surface area contributed by atoms with Crippen molar-refractivity contribution in [3.05, 3.63) is 81.7 Å². The van der Waals surface area contributed by atoms with E-state index < -0.39 is 16.4 Å². The van der Waals surface area contributed by atoms with E-state index in [1.165, 1.54) is 28.6 Å². The Bertz CT molecular complexity index is 1550. The highest BCUT2D eigenvalue weighted by Gasteiger charge is 2.35. The molecular weight excluding hydrogens is 512 g/mol. The molecule has 5 rings (SSSR count). The van der Waals surface area contributed by atoms with Crippen LogP contribution in [0.5, 0.6) is 0 Å². The normalized spacial score (nSPS) is 20.0.